The molecule has 0 bridgehead atoms. The summed E-state index contributed by atoms with van der Waals surface area (Å²) in [6.45, 7) is 2.08. The zero-order chi connectivity index (χ0) is 10.7. The van der Waals surface area contributed by atoms with E-state index in [9.17, 15) is 0 Å². The number of hydrogen-bond acceptors (Lipinski definition) is 5. The molecule has 0 saturated carbocycles. The Morgan fingerprint density at radius 3 is 3.00 bits per heavy atom. The summed E-state index contributed by atoms with van der Waals surface area (Å²) in [5.74, 6) is 0. The Bertz CT molecular complexity index is 426. The van der Waals surface area contributed by atoms with Crippen LogP contribution < -0.4 is 5.32 Å². The van der Waals surface area contributed by atoms with E-state index in [2.05, 4.69) is 32.6 Å². The van der Waals surface area contributed by atoms with Gasteiger partial charge in [0.25, 0.3) is 0 Å². The maximum atomic E-state index is 4.52. The van der Waals surface area contributed by atoms with Gasteiger partial charge in [-0.15, -0.1) is 11.3 Å². The largest absolute Gasteiger partial charge is 0.312 e. The predicted octanol–water partition coefficient (Wildman–Crippen LogP) is 1.88. The van der Waals surface area contributed by atoms with Crippen molar-refractivity contribution in [1.82, 2.24) is 20.3 Å². The standard InChI is InChI=1S/C10H12N4S/c1-7(11-2)9-5-15-10(14-9)8-3-4-12-6-13-8/h3-7,11H,1-2H3. The van der Waals surface area contributed by atoms with Crippen molar-refractivity contribution in [2.75, 3.05) is 7.05 Å². The van der Waals surface area contributed by atoms with E-state index in [1.165, 1.54) is 6.33 Å². The zero-order valence-electron chi connectivity index (χ0n) is 8.64. The highest BCUT2D eigenvalue weighted by molar-refractivity contribution is 7.13. The van der Waals surface area contributed by atoms with Crippen molar-refractivity contribution in [2.45, 2.75) is 13.0 Å². The van der Waals surface area contributed by atoms with Gasteiger partial charge < -0.3 is 5.32 Å². The lowest BCUT2D eigenvalue weighted by Crippen LogP contribution is -2.12. The molecule has 0 saturated heterocycles. The zero-order valence-corrected chi connectivity index (χ0v) is 9.45. The van der Waals surface area contributed by atoms with Crippen LogP contribution in [0.2, 0.25) is 0 Å². The van der Waals surface area contributed by atoms with Gasteiger partial charge in [-0.25, -0.2) is 15.0 Å². The average molecular weight is 220 g/mol. The van der Waals surface area contributed by atoms with Gasteiger partial charge in [0, 0.05) is 17.6 Å². The van der Waals surface area contributed by atoms with Gasteiger partial charge in [-0.1, -0.05) is 0 Å². The van der Waals surface area contributed by atoms with Gasteiger partial charge in [-0.05, 0) is 20.0 Å². The Balaban J connectivity index is 2.28. The third kappa shape index (κ3) is 2.19. The van der Waals surface area contributed by atoms with E-state index in [1.54, 1.807) is 17.5 Å². The monoisotopic (exact) mass is 220 g/mol. The van der Waals surface area contributed by atoms with Gasteiger partial charge in [0.2, 0.25) is 0 Å². The van der Waals surface area contributed by atoms with Gasteiger partial charge in [0.1, 0.15) is 17.0 Å². The smallest absolute Gasteiger partial charge is 0.142 e. The molecule has 0 spiro atoms. The lowest BCUT2D eigenvalue weighted by molar-refractivity contribution is 0.637. The van der Waals surface area contributed by atoms with Gasteiger partial charge in [-0.3, -0.25) is 0 Å². The van der Waals surface area contributed by atoms with Crippen molar-refractivity contribution < 1.29 is 0 Å². The van der Waals surface area contributed by atoms with E-state index in [0.717, 1.165) is 16.4 Å². The Kier molecular flexibility index (Phi) is 3.03. The number of aromatic nitrogens is 3. The lowest BCUT2D eigenvalue weighted by atomic mass is 10.3. The molecule has 2 rings (SSSR count). The molecule has 0 aliphatic heterocycles. The molecule has 0 amide bonds. The first-order chi connectivity index (χ1) is 7.31. The van der Waals surface area contributed by atoms with Crippen LogP contribution in [0.4, 0.5) is 0 Å². The molecule has 4 nitrogen and oxygen atoms in total. The minimum Gasteiger partial charge on any atom is -0.312 e. The summed E-state index contributed by atoms with van der Waals surface area (Å²) >= 11 is 1.60. The summed E-state index contributed by atoms with van der Waals surface area (Å²) in [5.41, 5.74) is 1.93. The molecule has 2 heterocycles. The van der Waals surface area contributed by atoms with Crippen LogP contribution in [0.1, 0.15) is 18.7 Å². The predicted molar refractivity (Wildman–Crippen MR) is 60.6 cm³/mol. The minimum absolute atomic E-state index is 0.275. The van der Waals surface area contributed by atoms with Crippen molar-refractivity contribution in [3.63, 3.8) is 0 Å². The normalized spacial score (nSPS) is 12.7. The summed E-state index contributed by atoms with van der Waals surface area (Å²) in [6.07, 6.45) is 3.27. The Morgan fingerprint density at radius 1 is 1.47 bits per heavy atom. The molecule has 0 aromatic carbocycles. The molecular weight excluding hydrogens is 208 g/mol. The molecule has 1 atom stereocenters. The maximum absolute atomic E-state index is 4.52. The molecule has 0 aliphatic carbocycles. The van der Waals surface area contributed by atoms with Gasteiger partial charge in [-0.2, -0.15) is 0 Å². The first-order valence-corrected chi connectivity index (χ1v) is 5.58. The van der Waals surface area contributed by atoms with Crippen LogP contribution >= 0.6 is 11.3 Å². The second kappa shape index (κ2) is 4.46. The average Bonchev–Trinajstić information content (AvgIpc) is 2.78. The summed E-state index contributed by atoms with van der Waals surface area (Å²) in [6, 6.07) is 2.14. The van der Waals surface area contributed by atoms with Crippen LogP contribution in [0.25, 0.3) is 10.7 Å². The van der Waals surface area contributed by atoms with Gasteiger partial charge in [0.15, 0.2) is 0 Å². The number of nitrogens with one attached hydrogen (secondary N) is 1. The number of rotatable bonds is 3. The molecule has 1 N–H and O–H groups in total. The SMILES string of the molecule is CNC(C)c1csc(-c2ccncn2)n1. The van der Waals surface area contributed by atoms with Crippen molar-refractivity contribution in [2.24, 2.45) is 0 Å². The Hall–Kier alpha value is -1.33. The van der Waals surface area contributed by atoms with E-state index in [0.29, 0.717) is 0 Å². The molecule has 0 radical (unpaired) electrons. The maximum Gasteiger partial charge on any atom is 0.142 e. The lowest BCUT2D eigenvalue weighted by Gasteiger charge is -2.04. The molecule has 0 fully saturated rings. The van der Waals surface area contributed by atoms with Crippen LogP contribution in [-0.2, 0) is 0 Å². The second-order valence-corrected chi connectivity index (χ2v) is 4.04. The fraction of sp³-hybridized carbons (Fsp3) is 0.300. The molecule has 15 heavy (non-hydrogen) atoms. The van der Waals surface area contributed by atoms with E-state index in [-0.39, 0.29) is 6.04 Å². The minimum atomic E-state index is 0.275. The van der Waals surface area contributed by atoms with Crippen LogP contribution in [0.3, 0.4) is 0 Å². The molecule has 0 aliphatic rings. The van der Waals surface area contributed by atoms with E-state index in [4.69, 9.17) is 0 Å². The summed E-state index contributed by atoms with van der Waals surface area (Å²) in [4.78, 5) is 12.6. The van der Waals surface area contributed by atoms with Crippen molar-refractivity contribution in [3.05, 3.63) is 29.7 Å². The highest BCUT2D eigenvalue weighted by Gasteiger charge is 2.09. The Morgan fingerprint density at radius 2 is 2.33 bits per heavy atom. The highest BCUT2D eigenvalue weighted by atomic mass is 32.1. The van der Waals surface area contributed by atoms with Crippen molar-refractivity contribution >= 4 is 11.3 Å². The fourth-order valence-electron chi connectivity index (χ4n) is 1.17. The second-order valence-electron chi connectivity index (χ2n) is 3.18. The van der Waals surface area contributed by atoms with Crippen LogP contribution in [-0.4, -0.2) is 22.0 Å². The topological polar surface area (TPSA) is 50.7 Å². The third-order valence-corrected chi connectivity index (χ3v) is 3.08. The first kappa shape index (κ1) is 10.2. The van der Waals surface area contributed by atoms with Crippen LogP contribution in [0, 0.1) is 0 Å². The van der Waals surface area contributed by atoms with Crippen molar-refractivity contribution in [3.8, 4) is 10.7 Å². The van der Waals surface area contributed by atoms with Gasteiger partial charge in [0.05, 0.1) is 5.69 Å². The third-order valence-electron chi connectivity index (χ3n) is 2.20. The number of thiazole rings is 1. The van der Waals surface area contributed by atoms with Crippen molar-refractivity contribution in [1.29, 1.82) is 0 Å². The highest BCUT2D eigenvalue weighted by Crippen LogP contribution is 2.23. The van der Waals surface area contributed by atoms with Crippen LogP contribution in [0.15, 0.2) is 24.0 Å². The molecule has 2 aromatic heterocycles. The summed E-state index contributed by atoms with van der Waals surface area (Å²) in [5, 5.41) is 6.15. The molecule has 78 valence electrons. The molecule has 1 unspecified atom stereocenters. The fourth-order valence-corrected chi connectivity index (χ4v) is 2.06. The Labute approximate surface area is 92.4 Å². The van der Waals surface area contributed by atoms with Gasteiger partial charge >= 0.3 is 0 Å². The first-order valence-electron chi connectivity index (χ1n) is 4.70. The number of nitrogens with zero attached hydrogens (tertiary/aromatic N) is 3. The summed E-state index contributed by atoms with van der Waals surface area (Å²) in [7, 11) is 1.92. The molecular formula is C10H12N4S. The van der Waals surface area contributed by atoms with E-state index in [1.807, 2.05) is 13.1 Å². The summed E-state index contributed by atoms with van der Waals surface area (Å²) < 4.78 is 0. The van der Waals surface area contributed by atoms with E-state index < -0.39 is 0 Å². The molecule has 2 aromatic rings. The van der Waals surface area contributed by atoms with Crippen LogP contribution in [0.5, 0.6) is 0 Å². The number of hydrogen-bond donors (Lipinski definition) is 1. The quantitative estimate of drug-likeness (QED) is 0.858. The molecule has 5 heteroatoms. The van der Waals surface area contributed by atoms with E-state index >= 15 is 0 Å².